The van der Waals surface area contributed by atoms with Gasteiger partial charge < -0.3 is 24.5 Å². The second-order valence-electron chi connectivity index (χ2n) is 8.18. The van der Waals surface area contributed by atoms with E-state index in [0.717, 1.165) is 67.4 Å². The summed E-state index contributed by atoms with van der Waals surface area (Å²) in [5.74, 6) is 0.754. The predicted octanol–water partition coefficient (Wildman–Crippen LogP) is 2.72. The normalized spacial score (nSPS) is 18.8. The minimum atomic E-state index is -0.913. The van der Waals surface area contributed by atoms with Crippen LogP contribution in [0.3, 0.4) is 0 Å². The molecule has 0 bridgehead atoms. The SMILES string of the molecule is CN(C(=O)O)C1CCN(c2nc(-c3ccc(N4CCOCC4)cc3)cc3nccnc23)C1. The third-order valence-corrected chi connectivity index (χ3v) is 6.29. The van der Waals surface area contributed by atoms with Crippen LogP contribution in [0.25, 0.3) is 22.3 Å². The first-order chi connectivity index (χ1) is 15.6. The van der Waals surface area contributed by atoms with Crippen LogP contribution in [-0.4, -0.2) is 83.5 Å². The molecule has 0 spiro atoms. The molecule has 1 N–H and O–H groups in total. The lowest BCUT2D eigenvalue weighted by Crippen LogP contribution is -2.38. The number of carboxylic acid groups (broad SMARTS) is 1. The van der Waals surface area contributed by atoms with Crippen LogP contribution >= 0.6 is 0 Å². The Bertz CT molecular complexity index is 1120. The average Bonchev–Trinajstić information content (AvgIpc) is 3.33. The molecule has 0 aliphatic carbocycles. The number of aromatic nitrogens is 3. The number of hydrogen-bond acceptors (Lipinski definition) is 7. The highest BCUT2D eigenvalue weighted by atomic mass is 16.5. The second-order valence-corrected chi connectivity index (χ2v) is 8.18. The van der Waals surface area contributed by atoms with Crippen molar-refractivity contribution in [1.29, 1.82) is 0 Å². The van der Waals surface area contributed by atoms with Crippen LogP contribution in [-0.2, 0) is 4.74 Å². The number of nitrogens with zero attached hydrogens (tertiary/aromatic N) is 6. The fourth-order valence-electron chi connectivity index (χ4n) is 4.39. The van der Waals surface area contributed by atoms with Gasteiger partial charge in [0.05, 0.1) is 30.5 Å². The number of ether oxygens (including phenoxy) is 1. The summed E-state index contributed by atoms with van der Waals surface area (Å²) in [6, 6.07) is 10.3. The standard InChI is InChI=1S/C23H26N6O3/c1-27(23(30)31)18-6-9-29(15-18)22-21-20(24-7-8-25-21)14-19(26-22)16-2-4-17(5-3-16)28-10-12-32-13-11-28/h2-5,7-8,14,18H,6,9-13,15H2,1H3,(H,30,31). The lowest BCUT2D eigenvalue weighted by Gasteiger charge is -2.29. The molecule has 2 aliphatic rings. The molecule has 2 fully saturated rings. The quantitative estimate of drug-likeness (QED) is 0.670. The van der Waals surface area contributed by atoms with E-state index in [0.29, 0.717) is 6.54 Å². The molecule has 9 nitrogen and oxygen atoms in total. The highest BCUT2D eigenvalue weighted by Gasteiger charge is 2.30. The van der Waals surface area contributed by atoms with Gasteiger partial charge in [0.25, 0.3) is 0 Å². The van der Waals surface area contributed by atoms with Gasteiger partial charge in [0.1, 0.15) is 5.52 Å². The first kappa shape index (κ1) is 20.4. The summed E-state index contributed by atoms with van der Waals surface area (Å²) in [5.41, 5.74) is 4.53. The van der Waals surface area contributed by atoms with Crippen molar-refractivity contribution < 1.29 is 14.6 Å². The van der Waals surface area contributed by atoms with Crippen LogP contribution in [0.15, 0.2) is 42.7 Å². The van der Waals surface area contributed by atoms with Gasteiger partial charge in [-0.25, -0.2) is 14.8 Å². The number of pyridine rings is 1. The molecule has 5 rings (SSSR count). The van der Waals surface area contributed by atoms with Crippen molar-refractivity contribution in [2.45, 2.75) is 12.5 Å². The van der Waals surface area contributed by atoms with Crippen molar-refractivity contribution >= 4 is 28.6 Å². The molecule has 2 saturated heterocycles. The molecule has 1 aromatic carbocycles. The molecule has 9 heteroatoms. The van der Waals surface area contributed by atoms with E-state index in [1.807, 2.05) is 6.07 Å². The Morgan fingerprint density at radius 1 is 1.09 bits per heavy atom. The van der Waals surface area contributed by atoms with Gasteiger partial charge in [-0.15, -0.1) is 0 Å². The van der Waals surface area contributed by atoms with Gasteiger partial charge in [-0.05, 0) is 24.6 Å². The summed E-state index contributed by atoms with van der Waals surface area (Å²) < 4.78 is 5.45. The Labute approximate surface area is 186 Å². The number of anilines is 2. The number of amides is 1. The van der Waals surface area contributed by atoms with Crippen LogP contribution in [0.2, 0.25) is 0 Å². The molecule has 0 saturated carbocycles. The highest BCUT2D eigenvalue weighted by molar-refractivity contribution is 5.89. The maximum absolute atomic E-state index is 11.4. The van der Waals surface area contributed by atoms with E-state index in [2.05, 4.69) is 44.0 Å². The largest absolute Gasteiger partial charge is 0.465 e. The van der Waals surface area contributed by atoms with Gasteiger partial charge in [-0.3, -0.25) is 4.98 Å². The van der Waals surface area contributed by atoms with Crippen LogP contribution in [0, 0.1) is 0 Å². The van der Waals surface area contributed by atoms with Gasteiger partial charge >= 0.3 is 6.09 Å². The molecule has 2 aromatic heterocycles. The number of likely N-dealkylation sites (N-methyl/N-ethyl adjacent to an activating group) is 1. The van der Waals surface area contributed by atoms with Crippen molar-refractivity contribution in [1.82, 2.24) is 19.9 Å². The van der Waals surface area contributed by atoms with E-state index in [-0.39, 0.29) is 6.04 Å². The van der Waals surface area contributed by atoms with Crippen molar-refractivity contribution in [2.75, 3.05) is 56.2 Å². The summed E-state index contributed by atoms with van der Waals surface area (Å²) >= 11 is 0. The Morgan fingerprint density at radius 3 is 2.59 bits per heavy atom. The number of hydrogen-bond donors (Lipinski definition) is 1. The summed E-state index contributed by atoms with van der Waals surface area (Å²) in [7, 11) is 1.62. The zero-order valence-electron chi connectivity index (χ0n) is 18.0. The molecule has 166 valence electrons. The van der Waals surface area contributed by atoms with E-state index in [1.165, 1.54) is 10.6 Å². The van der Waals surface area contributed by atoms with Gasteiger partial charge in [0, 0.05) is 56.9 Å². The first-order valence-electron chi connectivity index (χ1n) is 10.9. The zero-order chi connectivity index (χ0) is 22.1. The molecule has 0 radical (unpaired) electrons. The Morgan fingerprint density at radius 2 is 1.84 bits per heavy atom. The summed E-state index contributed by atoms with van der Waals surface area (Å²) in [5, 5.41) is 9.34. The monoisotopic (exact) mass is 434 g/mol. The maximum Gasteiger partial charge on any atom is 0.407 e. The second kappa shape index (κ2) is 8.58. The summed E-state index contributed by atoms with van der Waals surface area (Å²) in [4.78, 5) is 31.2. The summed E-state index contributed by atoms with van der Waals surface area (Å²) in [6.07, 6.45) is 3.19. The molecule has 1 unspecified atom stereocenters. The average molecular weight is 435 g/mol. The smallest absolute Gasteiger partial charge is 0.407 e. The number of carbonyl (C=O) groups is 1. The van der Waals surface area contributed by atoms with E-state index in [4.69, 9.17) is 9.72 Å². The number of rotatable bonds is 4. The molecule has 4 heterocycles. The maximum atomic E-state index is 11.4. The first-order valence-corrected chi connectivity index (χ1v) is 10.9. The van der Waals surface area contributed by atoms with Crippen molar-refractivity contribution in [3.8, 4) is 11.3 Å². The number of fused-ring (bicyclic) bond motifs is 1. The molecule has 1 atom stereocenters. The van der Waals surface area contributed by atoms with E-state index >= 15 is 0 Å². The highest BCUT2D eigenvalue weighted by Crippen LogP contribution is 2.31. The zero-order valence-corrected chi connectivity index (χ0v) is 18.0. The lowest BCUT2D eigenvalue weighted by molar-refractivity contribution is 0.122. The lowest BCUT2D eigenvalue weighted by atomic mass is 10.1. The molecule has 3 aromatic rings. The van der Waals surface area contributed by atoms with Gasteiger partial charge in [-0.1, -0.05) is 12.1 Å². The molecular weight excluding hydrogens is 408 g/mol. The third kappa shape index (κ3) is 3.91. The van der Waals surface area contributed by atoms with Crippen LogP contribution in [0.4, 0.5) is 16.3 Å². The molecular formula is C23H26N6O3. The summed E-state index contributed by atoms with van der Waals surface area (Å²) in [6.45, 7) is 4.61. The predicted molar refractivity (Wildman–Crippen MR) is 122 cm³/mol. The Balaban J connectivity index is 1.47. The number of benzene rings is 1. The van der Waals surface area contributed by atoms with Gasteiger partial charge in [0.2, 0.25) is 0 Å². The minimum absolute atomic E-state index is 0.0718. The van der Waals surface area contributed by atoms with Crippen molar-refractivity contribution in [3.05, 3.63) is 42.7 Å². The van der Waals surface area contributed by atoms with Crippen LogP contribution < -0.4 is 9.80 Å². The minimum Gasteiger partial charge on any atom is -0.465 e. The molecule has 32 heavy (non-hydrogen) atoms. The van der Waals surface area contributed by atoms with Gasteiger partial charge in [0.15, 0.2) is 5.82 Å². The van der Waals surface area contributed by atoms with Crippen molar-refractivity contribution in [3.63, 3.8) is 0 Å². The third-order valence-electron chi connectivity index (χ3n) is 6.29. The number of morpholine rings is 1. The fourth-order valence-corrected chi connectivity index (χ4v) is 4.39. The topological polar surface area (TPSA) is 94.9 Å². The fraction of sp³-hybridized carbons (Fsp3) is 0.391. The van der Waals surface area contributed by atoms with E-state index < -0.39 is 6.09 Å². The van der Waals surface area contributed by atoms with Crippen LogP contribution in [0.5, 0.6) is 0 Å². The van der Waals surface area contributed by atoms with Gasteiger partial charge in [-0.2, -0.15) is 0 Å². The van der Waals surface area contributed by atoms with Crippen molar-refractivity contribution in [2.24, 2.45) is 0 Å². The molecule has 1 amide bonds. The van der Waals surface area contributed by atoms with E-state index in [1.54, 1.807) is 19.4 Å². The Hall–Kier alpha value is -3.46. The Kier molecular flexibility index (Phi) is 5.48. The van der Waals surface area contributed by atoms with Crippen LogP contribution in [0.1, 0.15) is 6.42 Å². The van der Waals surface area contributed by atoms with E-state index in [9.17, 15) is 9.90 Å². The molecule has 2 aliphatic heterocycles.